The Morgan fingerprint density at radius 2 is 1.81 bits per heavy atom. The van der Waals surface area contributed by atoms with E-state index in [4.69, 9.17) is 9.47 Å². The van der Waals surface area contributed by atoms with Crippen LogP contribution in [-0.2, 0) is 6.54 Å². The molecule has 0 aliphatic rings. The van der Waals surface area contributed by atoms with Gasteiger partial charge >= 0.3 is 0 Å². The quantitative estimate of drug-likeness (QED) is 0.240. The Balaban J connectivity index is 0.00000364. The molecule has 0 saturated heterocycles. The number of benzene rings is 1. The van der Waals surface area contributed by atoms with Crippen LogP contribution in [0.1, 0.15) is 32.3 Å². The van der Waals surface area contributed by atoms with Crippen LogP contribution in [0, 0.1) is 0 Å². The minimum atomic E-state index is 0. The highest BCUT2D eigenvalue weighted by Crippen LogP contribution is 2.23. The highest BCUT2D eigenvalue weighted by Gasteiger charge is 2.03. The highest BCUT2D eigenvalue weighted by molar-refractivity contribution is 14.0. The lowest BCUT2D eigenvalue weighted by atomic mass is 10.2. The highest BCUT2D eigenvalue weighted by atomic mass is 127. The molecule has 7 heteroatoms. The normalized spacial score (nSPS) is 10.7. The molecule has 0 atom stereocenters. The van der Waals surface area contributed by atoms with E-state index >= 15 is 0 Å². The zero-order valence-corrected chi connectivity index (χ0v) is 18.5. The van der Waals surface area contributed by atoms with E-state index in [0.717, 1.165) is 42.4 Å². The van der Waals surface area contributed by atoms with Crippen molar-refractivity contribution in [3.8, 4) is 17.4 Å². The second kappa shape index (κ2) is 13.2. The van der Waals surface area contributed by atoms with Gasteiger partial charge in [0.05, 0.1) is 6.61 Å². The molecular weight excluding hydrogens is 455 g/mol. The van der Waals surface area contributed by atoms with Crippen LogP contribution in [0.2, 0.25) is 0 Å². The molecule has 0 spiro atoms. The molecule has 0 aliphatic carbocycles. The molecule has 148 valence electrons. The lowest BCUT2D eigenvalue weighted by Gasteiger charge is -2.12. The number of ether oxygens (including phenoxy) is 2. The van der Waals surface area contributed by atoms with E-state index in [1.165, 1.54) is 0 Å². The summed E-state index contributed by atoms with van der Waals surface area (Å²) < 4.78 is 11.3. The third kappa shape index (κ3) is 8.47. The number of rotatable bonds is 9. The van der Waals surface area contributed by atoms with E-state index < -0.39 is 0 Å². The SMILES string of the molecule is CCCCNC(=NC)NCc1ccnc(Oc2ccc(OCC)cc2)c1.I. The largest absolute Gasteiger partial charge is 0.494 e. The monoisotopic (exact) mass is 484 g/mol. The first kappa shape index (κ1) is 23.0. The molecule has 0 amide bonds. The number of halogens is 1. The van der Waals surface area contributed by atoms with Gasteiger partial charge in [0.1, 0.15) is 11.5 Å². The fourth-order valence-electron chi connectivity index (χ4n) is 2.30. The summed E-state index contributed by atoms with van der Waals surface area (Å²) in [6.07, 6.45) is 4.02. The summed E-state index contributed by atoms with van der Waals surface area (Å²) in [5.41, 5.74) is 1.07. The van der Waals surface area contributed by atoms with Crippen LogP contribution in [0.4, 0.5) is 0 Å². The van der Waals surface area contributed by atoms with Gasteiger partial charge < -0.3 is 20.1 Å². The zero-order chi connectivity index (χ0) is 18.6. The average Bonchev–Trinajstić information content (AvgIpc) is 2.67. The van der Waals surface area contributed by atoms with Crippen molar-refractivity contribution in [1.82, 2.24) is 15.6 Å². The van der Waals surface area contributed by atoms with Crippen molar-refractivity contribution in [3.05, 3.63) is 48.2 Å². The third-order valence-electron chi connectivity index (χ3n) is 3.66. The maximum absolute atomic E-state index is 5.82. The molecule has 2 aromatic rings. The Morgan fingerprint density at radius 3 is 2.48 bits per heavy atom. The molecule has 0 bridgehead atoms. The van der Waals surface area contributed by atoms with Gasteiger partial charge in [-0.3, -0.25) is 4.99 Å². The van der Waals surface area contributed by atoms with E-state index in [0.29, 0.717) is 19.0 Å². The van der Waals surface area contributed by atoms with Crippen molar-refractivity contribution in [2.75, 3.05) is 20.2 Å². The third-order valence-corrected chi connectivity index (χ3v) is 3.66. The van der Waals surface area contributed by atoms with Crippen LogP contribution < -0.4 is 20.1 Å². The minimum Gasteiger partial charge on any atom is -0.494 e. The number of hydrogen-bond acceptors (Lipinski definition) is 4. The fraction of sp³-hybridized carbons (Fsp3) is 0.400. The van der Waals surface area contributed by atoms with E-state index in [1.54, 1.807) is 13.2 Å². The molecule has 0 aliphatic heterocycles. The second-order valence-corrected chi connectivity index (χ2v) is 5.71. The first-order valence-corrected chi connectivity index (χ1v) is 9.05. The van der Waals surface area contributed by atoms with Gasteiger partial charge in [0.25, 0.3) is 0 Å². The first-order valence-electron chi connectivity index (χ1n) is 9.05. The standard InChI is InChI=1S/C20H28N4O2.HI/c1-4-6-12-23-20(21-3)24-15-16-11-13-22-19(14-16)26-18-9-7-17(8-10-18)25-5-2;/h7-11,13-14H,4-6,12,15H2,1-3H3,(H2,21,23,24);1H. The molecule has 0 fully saturated rings. The summed E-state index contributed by atoms with van der Waals surface area (Å²) in [4.78, 5) is 8.50. The number of hydrogen-bond donors (Lipinski definition) is 2. The Bertz CT molecular complexity index is 693. The summed E-state index contributed by atoms with van der Waals surface area (Å²) in [5.74, 6) is 2.91. The van der Waals surface area contributed by atoms with Gasteiger partial charge in [-0.1, -0.05) is 13.3 Å². The van der Waals surface area contributed by atoms with Crippen LogP contribution in [0.15, 0.2) is 47.6 Å². The Kier molecular flexibility index (Phi) is 11.2. The molecule has 0 unspecified atom stereocenters. The number of unbranched alkanes of at least 4 members (excludes halogenated alkanes) is 1. The summed E-state index contributed by atoms with van der Waals surface area (Å²) in [6.45, 7) is 6.34. The summed E-state index contributed by atoms with van der Waals surface area (Å²) in [7, 11) is 1.77. The van der Waals surface area contributed by atoms with E-state index in [1.807, 2.05) is 43.3 Å². The topological polar surface area (TPSA) is 67.8 Å². The van der Waals surface area contributed by atoms with E-state index in [2.05, 4.69) is 27.5 Å². The molecule has 2 N–H and O–H groups in total. The van der Waals surface area contributed by atoms with Gasteiger partial charge in [-0.05, 0) is 49.2 Å². The van der Waals surface area contributed by atoms with Gasteiger partial charge in [0.2, 0.25) is 5.88 Å². The van der Waals surface area contributed by atoms with Crippen molar-refractivity contribution >= 4 is 29.9 Å². The van der Waals surface area contributed by atoms with Gasteiger partial charge in [0.15, 0.2) is 5.96 Å². The Hall–Kier alpha value is -2.03. The molecule has 1 aromatic carbocycles. The fourth-order valence-corrected chi connectivity index (χ4v) is 2.30. The molecule has 0 saturated carbocycles. The maximum Gasteiger partial charge on any atom is 0.219 e. The maximum atomic E-state index is 5.82. The predicted octanol–water partition coefficient (Wildman–Crippen LogP) is 4.36. The van der Waals surface area contributed by atoms with Crippen molar-refractivity contribution < 1.29 is 9.47 Å². The van der Waals surface area contributed by atoms with Gasteiger partial charge in [0, 0.05) is 32.4 Å². The zero-order valence-electron chi connectivity index (χ0n) is 16.2. The molecule has 1 aromatic heterocycles. The number of nitrogens with one attached hydrogen (secondary N) is 2. The van der Waals surface area contributed by atoms with Gasteiger partial charge in [-0.15, -0.1) is 24.0 Å². The molecule has 27 heavy (non-hydrogen) atoms. The van der Waals surface area contributed by atoms with Crippen molar-refractivity contribution in [3.63, 3.8) is 0 Å². The predicted molar refractivity (Wildman–Crippen MR) is 120 cm³/mol. The minimum absolute atomic E-state index is 0. The molecule has 1 heterocycles. The molecular formula is C20H29IN4O2. The lowest BCUT2D eigenvalue weighted by molar-refractivity contribution is 0.339. The van der Waals surface area contributed by atoms with Gasteiger partial charge in [-0.2, -0.15) is 0 Å². The van der Waals surface area contributed by atoms with Crippen LogP contribution in [-0.4, -0.2) is 31.1 Å². The van der Waals surface area contributed by atoms with Crippen LogP contribution in [0.25, 0.3) is 0 Å². The molecule has 0 radical (unpaired) electrons. The Labute approximate surface area is 178 Å². The molecule has 2 rings (SSSR count). The summed E-state index contributed by atoms with van der Waals surface area (Å²) >= 11 is 0. The second-order valence-electron chi connectivity index (χ2n) is 5.71. The number of nitrogens with zero attached hydrogens (tertiary/aromatic N) is 2. The van der Waals surface area contributed by atoms with E-state index in [9.17, 15) is 0 Å². The number of pyridine rings is 1. The molecule has 6 nitrogen and oxygen atoms in total. The van der Waals surface area contributed by atoms with E-state index in [-0.39, 0.29) is 24.0 Å². The number of aromatic nitrogens is 1. The van der Waals surface area contributed by atoms with Crippen molar-refractivity contribution in [2.45, 2.75) is 33.2 Å². The van der Waals surface area contributed by atoms with Crippen molar-refractivity contribution in [2.24, 2.45) is 4.99 Å². The average molecular weight is 484 g/mol. The Morgan fingerprint density at radius 1 is 1.07 bits per heavy atom. The smallest absolute Gasteiger partial charge is 0.219 e. The number of aliphatic imine (C=N–C) groups is 1. The van der Waals surface area contributed by atoms with Gasteiger partial charge in [-0.25, -0.2) is 4.98 Å². The summed E-state index contributed by atoms with van der Waals surface area (Å²) in [6, 6.07) is 11.4. The van der Waals surface area contributed by atoms with Crippen molar-refractivity contribution in [1.29, 1.82) is 0 Å². The number of guanidine groups is 1. The first-order chi connectivity index (χ1) is 12.7. The van der Waals surface area contributed by atoms with Crippen LogP contribution in [0.3, 0.4) is 0 Å². The van der Waals surface area contributed by atoms with Crippen LogP contribution in [0.5, 0.6) is 17.4 Å². The summed E-state index contributed by atoms with van der Waals surface area (Å²) in [5, 5.41) is 6.59. The lowest BCUT2D eigenvalue weighted by Crippen LogP contribution is -2.37. The van der Waals surface area contributed by atoms with Crippen LogP contribution >= 0.6 is 24.0 Å².